The number of fused-ring (bicyclic) bond motifs is 1. The van der Waals surface area contributed by atoms with E-state index in [2.05, 4.69) is 47.1 Å². The number of imidazole rings is 1. The standard InChI is InChI=1S/C25H25N3O/c1-18-10-12-21(13-11-18)25(29)26-15-14-24-27-22-8-3-4-9-23(22)28(24)17-20-7-5-6-19(2)16-20/h3-13,16H,14-15,17H2,1-2H3,(H,26,29). The Labute approximate surface area is 171 Å². The quantitative estimate of drug-likeness (QED) is 0.526. The molecule has 0 aliphatic carbocycles. The Hall–Kier alpha value is -3.40. The van der Waals surface area contributed by atoms with E-state index >= 15 is 0 Å². The maximum Gasteiger partial charge on any atom is 0.251 e. The second-order valence-corrected chi connectivity index (χ2v) is 7.46. The van der Waals surface area contributed by atoms with Crippen molar-refractivity contribution >= 4 is 16.9 Å². The molecule has 146 valence electrons. The van der Waals surface area contributed by atoms with E-state index in [-0.39, 0.29) is 5.91 Å². The molecule has 3 aromatic carbocycles. The zero-order valence-corrected chi connectivity index (χ0v) is 16.9. The van der Waals surface area contributed by atoms with Crippen LogP contribution in [0, 0.1) is 13.8 Å². The van der Waals surface area contributed by atoms with E-state index in [1.54, 1.807) is 0 Å². The molecule has 0 saturated carbocycles. The fourth-order valence-electron chi connectivity index (χ4n) is 3.58. The van der Waals surface area contributed by atoms with Gasteiger partial charge in [0, 0.05) is 25.1 Å². The summed E-state index contributed by atoms with van der Waals surface area (Å²) >= 11 is 0. The number of nitrogens with one attached hydrogen (secondary N) is 1. The van der Waals surface area contributed by atoms with Crippen LogP contribution in [0.4, 0.5) is 0 Å². The minimum absolute atomic E-state index is 0.0497. The first-order valence-corrected chi connectivity index (χ1v) is 9.95. The predicted molar refractivity (Wildman–Crippen MR) is 117 cm³/mol. The summed E-state index contributed by atoms with van der Waals surface area (Å²) in [5, 5.41) is 3.02. The van der Waals surface area contributed by atoms with Crippen molar-refractivity contribution in [2.24, 2.45) is 0 Å². The number of nitrogens with zero attached hydrogens (tertiary/aromatic N) is 2. The number of rotatable bonds is 6. The van der Waals surface area contributed by atoms with Crippen LogP contribution >= 0.6 is 0 Å². The number of hydrogen-bond donors (Lipinski definition) is 1. The van der Waals surface area contributed by atoms with Crippen LogP contribution in [0.25, 0.3) is 11.0 Å². The van der Waals surface area contributed by atoms with Crippen molar-refractivity contribution < 1.29 is 4.79 Å². The lowest BCUT2D eigenvalue weighted by Crippen LogP contribution is -2.26. The van der Waals surface area contributed by atoms with Crippen molar-refractivity contribution in [1.29, 1.82) is 0 Å². The molecule has 0 saturated heterocycles. The number of aryl methyl sites for hydroxylation is 2. The Bertz CT molecular complexity index is 1140. The molecule has 0 aliphatic heterocycles. The second kappa shape index (κ2) is 8.31. The van der Waals surface area contributed by atoms with Gasteiger partial charge in [-0.05, 0) is 43.7 Å². The summed E-state index contributed by atoms with van der Waals surface area (Å²) < 4.78 is 2.25. The molecule has 0 radical (unpaired) electrons. The van der Waals surface area contributed by atoms with Gasteiger partial charge in [0.05, 0.1) is 11.0 Å². The van der Waals surface area contributed by atoms with E-state index in [9.17, 15) is 4.79 Å². The highest BCUT2D eigenvalue weighted by atomic mass is 16.1. The van der Waals surface area contributed by atoms with E-state index in [0.29, 0.717) is 18.5 Å². The number of carbonyl (C=O) groups is 1. The van der Waals surface area contributed by atoms with Gasteiger partial charge < -0.3 is 9.88 Å². The van der Waals surface area contributed by atoms with Crippen molar-refractivity contribution in [3.63, 3.8) is 0 Å². The van der Waals surface area contributed by atoms with Gasteiger partial charge in [-0.3, -0.25) is 4.79 Å². The summed E-state index contributed by atoms with van der Waals surface area (Å²) in [6.07, 6.45) is 0.679. The molecule has 1 amide bonds. The zero-order valence-electron chi connectivity index (χ0n) is 16.9. The molecule has 4 nitrogen and oxygen atoms in total. The normalized spacial score (nSPS) is 11.0. The van der Waals surface area contributed by atoms with E-state index in [1.807, 2.05) is 49.4 Å². The summed E-state index contributed by atoms with van der Waals surface area (Å²) in [7, 11) is 0. The Morgan fingerprint density at radius 2 is 1.72 bits per heavy atom. The SMILES string of the molecule is Cc1ccc(C(=O)NCCc2nc3ccccc3n2Cc2cccc(C)c2)cc1. The topological polar surface area (TPSA) is 46.9 Å². The third-order valence-electron chi connectivity index (χ3n) is 5.10. The predicted octanol–water partition coefficient (Wildman–Crippen LogP) is 4.67. The zero-order chi connectivity index (χ0) is 20.2. The van der Waals surface area contributed by atoms with Gasteiger partial charge in [-0.2, -0.15) is 0 Å². The van der Waals surface area contributed by atoms with Crippen molar-refractivity contribution in [3.8, 4) is 0 Å². The number of benzene rings is 3. The van der Waals surface area contributed by atoms with Gasteiger partial charge in [-0.1, -0.05) is 59.7 Å². The van der Waals surface area contributed by atoms with E-state index in [0.717, 1.165) is 29.0 Å². The number of carbonyl (C=O) groups excluding carboxylic acids is 1. The molecule has 29 heavy (non-hydrogen) atoms. The number of para-hydroxylation sites is 2. The number of amides is 1. The van der Waals surface area contributed by atoms with Crippen LogP contribution in [0.5, 0.6) is 0 Å². The van der Waals surface area contributed by atoms with Crippen molar-refractivity contribution in [3.05, 3.63) is 101 Å². The molecule has 4 rings (SSSR count). The molecule has 4 heteroatoms. The maximum atomic E-state index is 12.4. The summed E-state index contributed by atoms with van der Waals surface area (Å²) in [6.45, 7) is 5.44. The van der Waals surface area contributed by atoms with E-state index < -0.39 is 0 Å². The summed E-state index contributed by atoms with van der Waals surface area (Å²) in [5.41, 5.74) is 6.43. The van der Waals surface area contributed by atoms with Crippen LogP contribution in [0.2, 0.25) is 0 Å². The van der Waals surface area contributed by atoms with Crippen LogP contribution in [0.1, 0.15) is 32.9 Å². The monoisotopic (exact) mass is 383 g/mol. The summed E-state index contributed by atoms with van der Waals surface area (Å²) in [6, 6.07) is 24.4. The van der Waals surface area contributed by atoms with Crippen molar-refractivity contribution in [2.75, 3.05) is 6.54 Å². The third-order valence-corrected chi connectivity index (χ3v) is 5.10. The van der Waals surface area contributed by atoms with Crippen molar-refractivity contribution in [2.45, 2.75) is 26.8 Å². The first-order chi connectivity index (χ1) is 14.1. The molecule has 0 aliphatic rings. The maximum absolute atomic E-state index is 12.4. The molecule has 1 N–H and O–H groups in total. The number of hydrogen-bond acceptors (Lipinski definition) is 2. The fourth-order valence-corrected chi connectivity index (χ4v) is 3.58. The lowest BCUT2D eigenvalue weighted by Gasteiger charge is -2.11. The van der Waals surface area contributed by atoms with Gasteiger partial charge >= 0.3 is 0 Å². The van der Waals surface area contributed by atoms with E-state index in [4.69, 9.17) is 4.98 Å². The molecule has 0 spiro atoms. The van der Waals surface area contributed by atoms with Crippen LogP contribution < -0.4 is 5.32 Å². The summed E-state index contributed by atoms with van der Waals surface area (Å²) in [5.74, 6) is 0.934. The third kappa shape index (κ3) is 4.37. The minimum atomic E-state index is -0.0497. The highest BCUT2D eigenvalue weighted by Gasteiger charge is 2.12. The van der Waals surface area contributed by atoms with Gasteiger partial charge in [0.2, 0.25) is 0 Å². The van der Waals surface area contributed by atoms with Crippen molar-refractivity contribution in [1.82, 2.24) is 14.9 Å². The average Bonchev–Trinajstić information content (AvgIpc) is 3.06. The molecule has 0 bridgehead atoms. The van der Waals surface area contributed by atoms with Gasteiger partial charge in [0.1, 0.15) is 5.82 Å². The summed E-state index contributed by atoms with van der Waals surface area (Å²) in [4.78, 5) is 17.2. The van der Waals surface area contributed by atoms with Crippen LogP contribution in [0.15, 0.2) is 72.8 Å². The fraction of sp³-hybridized carbons (Fsp3) is 0.200. The molecular formula is C25H25N3O. The van der Waals surface area contributed by atoms with Gasteiger partial charge in [-0.15, -0.1) is 0 Å². The minimum Gasteiger partial charge on any atom is -0.352 e. The van der Waals surface area contributed by atoms with Crippen LogP contribution in [-0.4, -0.2) is 22.0 Å². The van der Waals surface area contributed by atoms with Gasteiger partial charge in [0.15, 0.2) is 0 Å². The Balaban J connectivity index is 1.52. The van der Waals surface area contributed by atoms with Gasteiger partial charge in [0.25, 0.3) is 5.91 Å². The lowest BCUT2D eigenvalue weighted by molar-refractivity contribution is 0.0954. The molecule has 0 atom stereocenters. The Morgan fingerprint density at radius 3 is 2.52 bits per heavy atom. The molecular weight excluding hydrogens is 358 g/mol. The highest BCUT2D eigenvalue weighted by Crippen LogP contribution is 2.19. The van der Waals surface area contributed by atoms with E-state index in [1.165, 1.54) is 11.1 Å². The van der Waals surface area contributed by atoms with Gasteiger partial charge in [-0.25, -0.2) is 4.98 Å². The highest BCUT2D eigenvalue weighted by molar-refractivity contribution is 5.94. The first kappa shape index (κ1) is 18.9. The molecule has 4 aromatic rings. The largest absolute Gasteiger partial charge is 0.352 e. The molecule has 1 heterocycles. The molecule has 0 unspecified atom stereocenters. The van der Waals surface area contributed by atoms with Crippen LogP contribution in [0.3, 0.4) is 0 Å². The average molecular weight is 383 g/mol. The molecule has 1 aromatic heterocycles. The second-order valence-electron chi connectivity index (χ2n) is 7.46. The number of aromatic nitrogens is 2. The first-order valence-electron chi connectivity index (χ1n) is 9.95. The van der Waals surface area contributed by atoms with Crippen LogP contribution in [-0.2, 0) is 13.0 Å². The smallest absolute Gasteiger partial charge is 0.251 e. The Morgan fingerprint density at radius 1 is 0.931 bits per heavy atom. The Kier molecular flexibility index (Phi) is 5.43. The molecule has 0 fully saturated rings. The lowest BCUT2D eigenvalue weighted by atomic mass is 10.1.